The summed E-state index contributed by atoms with van der Waals surface area (Å²) in [7, 11) is 0. The summed E-state index contributed by atoms with van der Waals surface area (Å²) in [6.45, 7) is 7.03. The molecule has 3 aromatic rings. The number of piperidine rings is 1. The molecule has 2 aliphatic rings. The van der Waals surface area contributed by atoms with E-state index in [2.05, 4.69) is 44.1 Å². The molecular weight excluding hydrogens is 446 g/mol. The second-order valence-electron chi connectivity index (χ2n) is 8.77. The zero-order valence-corrected chi connectivity index (χ0v) is 20.4. The Labute approximate surface area is 203 Å². The number of nitrogens with zero attached hydrogens (tertiary/aromatic N) is 5. The number of nitrogens with one attached hydrogen (secondary N) is 2. The molecule has 1 aliphatic heterocycles. The lowest BCUT2D eigenvalue weighted by Gasteiger charge is -2.31. The van der Waals surface area contributed by atoms with Crippen molar-refractivity contribution in [2.75, 3.05) is 36.8 Å². The minimum absolute atomic E-state index is 0.103. The number of aryl methyl sites for hydroxylation is 1. The lowest BCUT2D eigenvalue weighted by Crippen LogP contribution is -2.35. The average molecular weight is 476 g/mol. The number of rotatable bonds is 6. The van der Waals surface area contributed by atoms with E-state index in [-0.39, 0.29) is 5.91 Å². The monoisotopic (exact) mass is 475 g/mol. The van der Waals surface area contributed by atoms with Crippen LogP contribution in [0.1, 0.15) is 44.0 Å². The molecule has 0 spiro atoms. The minimum atomic E-state index is -0.103. The second-order valence-corrected chi connectivity index (χ2v) is 9.77. The number of carbonyl (C=O) groups excluding carboxylic acids is 1. The van der Waals surface area contributed by atoms with Crippen LogP contribution in [0.2, 0.25) is 0 Å². The summed E-state index contributed by atoms with van der Waals surface area (Å²) >= 11 is 1.54. The number of terminal acetylenes is 1. The number of anilines is 2. The Bertz CT molecular complexity index is 1230. The van der Waals surface area contributed by atoms with Crippen molar-refractivity contribution in [3.8, 4) is 34.2 Å². The third kappa shape index (κ3) is 4.31. The van der Waals surface area contributed by atoms with E-state index in [0.29, 0.717) is 17.7 Å². The van der Waals surface area contributed by atoms with E-state index < -0.39 is 0 Å². The summed E-state index contributed by atoms with van der Waals surface area (Å²) in [5.41, 5.74) is 5.46. The Balaban J connectivity index is 1.56. The molecule has 0 radical (unpaired) electrons. The lowest BCUT2D eigenvalue weighted by atomic mass is 9.95. The number of hydrogen-bond donors (Lipinski definition) is 2. The Hall–Kier alpha value is -3.22. The summed E-state index contributed by atoms with van der Waals surface area (Å²) in [6.07, 6.45) is 11.1. The molecule has 0 atom stereocenters. The van der Waals surface area contributed by atoms with Gasteiger partial charge in [0.05, 0.1) is 34.5 Å². The molecule has 2 N–H and O–H groups in total. The normalized spacial score (nSPS) is 15.9. The maximum Gasteiger partial charge on any atom is 0.223 e. The Kier molecular flexibility index (Phi) is 6.35. The van der Waals surface area contributed by atoms with E-state index in [4.69, 9.17) is 16.5 Å². The quantitative estimate of drug-likeness (QED) is 0.527. The van der Waals surface area contributed by atoms with Crippen molar-refractivity contribution in [1.29, 1.82) is 0 Å². The highest BCUT2D eigenvalue weighted by atomic mass is 32.1. The van der Waals surface area contributed by atoms with E-state index in [1.165, 1.54) is 12.5 Å². The summed E-state index contributed by atoms with van der Waals surface area (Å²) in [4.78, 5) is 24.4. The van der Waals surface area contributed by atoms with Crippen LogP contribution >= 0.6 is 11.3 Å². The minimum Gasteiger partial charge on any atom is -0.370 e. The molecule has 1 amide bonds. The summed E-state index contributed by atoms with van der Waals surface area (Å²) < 4.78 is 2.23. The van der Waals surface area contributed by atoms with Crippen LogP contribution in [0.5, 0.6) is 0 Å². The molecule has 34 heavy (non-hydrogen) atoms. The van der Waals surface area contributed by atoms with Crippen molar-refractivity contribution < 1.29 is 4.79 Å². The van der Waals surface area contributed by atoms with Crippen LogP contribution in [0.15, 0.2) is 18.3 Å². The number of aromatic nitrogens is 4. The van der Waals surface area contributed by atoms with Crippen LogP contribution in [0.4, 0.5) is 10.9 Å². The van der Waals surface area contributed by atoms with E-state index in [9.17, 15) is 4.79 Å². The number of amides is 1. The fraction of sp³-hybridized carbons (Fsp3) is 0.440. The van der Waals surface area contributed by atoms with Crippen molar-refractivity contribution in [1.82, 2.24) is 24.6 Å². The first kappa shape index (κ1) is 22.6. The van der Waals surface area contributed by atoms with E-state index in [1.54, 1.807) is 11.3 Å². The van der Waals surface area contributed by atoms with Crippen molar-refractivity contribution in [2.45, 2.75) is 45.6 Å². The molecule has 5 rings (SSSR count). The number of likely N-dealkylation sites (tertiary alicyclic amines) is 1. The number of carbonyl (C=O) groups is 1. The van der Waals surface area contributed by atoms with Gasteiger partial charge in [0.25, 0.3) is 0 Å². The van der Waals surface area contributed by atoms with Gasteiger partial charge in [-0.25, -0.2) is 9.97 Å². The van der Waals surface area contributed by atoms with E-state index >= 15 is 0 Å². The van der Waals surface area contributed by atoms with Crippen LogP contribution in [0.3, 0.4) is 0 Å². The van der Waals surface area contributed by atoms with Crippen LogP contribution in [0, 0.1) is 12.3 Å². The Morgan fingerprint density at radius 2 is 2.12 bits per heavy atom. The molecule has 3 aromatic heterocycles. The van der Waals surface area contributed by atoms with Gasteiger partial charge in [-0.1, -0.05) is 17.3 Å². The van der Waals surface area contributed by atoms with Gasteiger partial charge in [-0.2, -0.15) is 5.10 Å². The van der Waals surface area contributed by atoms with Crippen LogP contribution in [0.25, 0.3) is 21.8 Å². The smallest absolute Gasteiger partial charge is 0.223 e. The highest BCUT2D eigenvalue weighted by Crippen LogP contribution is 2.45. The van der Waals surface area contributed by atoms with Gasteiger partial charge in [-0.05, 0) is 44.7 Å². The lowest BCUT2D eigenvalue weighted by molar-refractivity contribution is -0.114. The molecule has 0 saturated carbocycles. The Morgan fingerprint density at radius 3 is 2.79 bits per heavy atom. The molecule has 176 valence electrons. The number of pyridine rings is 1. The van der Waals surface area contributed by atoms with Crippen molar-refractivity contribution in [2.24, 2.45) is 0 Å². The van der Waals surface area contributed by atoms with Gasteiger partial charge in [-0.15, -0.1) is 6.42 Å². The predicted molar refractivity (Wildman–Crippen MR) is 136 cm³/mol. The van der Waals surface area contributed by atoms with Gasteiger partial charge in [0.15, 0.2) is 5.13 Å². The maximum absolute atomic E-state index is 11.6. The molecule has 4 heterocycles. The second kappa shape index (κ2) is 9.57. The van der Waals surface area contributed by atoms with Crippen LogP contribution in [-0.4, -0.2) is 56.7 Å². The molecule has 0 unspecified atom stereocenters. The molecule has 0 bridgehead atoms. The first-order valence-corrected chi connectivity index (χ1v) is 12.6. The molecule has 1 saturated heterocycles. The molecule has 8 nitrogen and oxygen atoms in total. The predicted octanol–water partition coefficient (Wildman–Crippen LogP) is 3.83. The topological polar surface area (TPSA) is 88.0 Å². The van der Waals surface area contributed by atoms with E-state index in [1.807, 2.05) is 12.3 Å². The van der Waals surface area contributed by atoms with Gasteiger partial charge in [0.1, 0.15) is 5.82 Å². The fourth-order valence-corrected chi connectivity index (χ4v) is 5.99. The van der Waals surface area contributed by atoms with Gasteiger partial charge in [0.2, 0.25) is 5.91 Å². The van der Waals surface area contributed by atoms with Crippen molar-refractivity contribution >= 4 is 28.2 Å². The highest BCUT2D eigenvalue weighted by Gasteiger charge is 2.33. The summed E-state index contributed by atoms with van der Waals surface area (Å²) in [6, 6.07) is 4.40. The summed E-state index contributed by atoms with van der Waals surface area (Å²) in [5, 5.41) is 12.0. The molecule has 9 heteroatoms. The van der Waals surface area contributed by atoms with Gasteiger partial charge >= 0.3 is 0 Å². The molecular formula is C25H29N7OS. The van der Waals surface area contributed by atoms with Crippen LogP contribution < -0.4 is 10.6 Å². The fourth-order valence-electron chi connectivity index (χ4n) is 4.87. The molecule has 0 aromatic carbocycles. The number of hydrogen-bond acceptors (Lipinski definition) is 7. The van der Waals surface area contributed by atoms with E-state index in [0.717, 1.165) is 78.7 Å². The van der Waals surface area contributed by atoms with Gasteiger partial charge in [-0.3, -0.25) is 14.4 Å². The molecule has 1 fully saturated rings. The SMILES string of the molecule is C#CCN1CCC(n2nc(-c3ccc(NCC)nc3)c3c2-c2sc(NC(C)=O)nc2CC3)CC1. The highest BCUT2D eigenvalue weighted by molar-refractivity contribution is 7.19. The molecule has 1 aliphatic carbocycles. The largest absolute Gasteiger partial charge is 0.370 e. The van der Waals surface area contributed by atoms with Gasteiger partial charge in [0, 0.05) is 43.9 Å². The van der Waals surface area contributed by atoms with Crippen LogP contribution in [-0.2, 0) is 17.6 Å². The third-order valence-electron chi connectivity index (χ3n) is 6.43. The zero-order chi connectivity index (χ0) is 23.7. The maximum atomic E-state index is 11.6. The first-order chi connectivity index (χ1) is 16.6. The summed E-state index contributed by atoms with van der Waals surface area (Å²) in [5.74, 6) is 3.53. The Morgan fingerprint density at radius 1 is 1.29 bits per heavy atom. The zero-order valence-electron chi connectivity index (χ0n) is 19.6. The first-order valence-electron chi connectivity index (χ1n) is 11.8. The number of thiazole rings is 1. The third-order valence-corrected chi connectivity index (χ3v) is 7.45. The number of fused-ring (bicyclic) bond motifs is 3. The average Bonchev–Trinajstić information content (AvgIpc) is 3.41. The standard InChI is InChI=1S/C25H29N7OS/c1-4-12-31-13-10-18(11-14-31)32-23-19(7-8-20-24(23)34-25(29-20)28-16(3)33)22(30-32)17-6-9-21(26-5-2)27-15-17/h1,6,9,15,18H,5,7-8,10-14H2,2-3H3,(H,26,27)(H,28,29,33). The van der Waals surface area contributed by atoms with Crippen molar-refractivity contribution in [3.05, 3.63) is 29.6 Å². The van der Waals surface area contributed by atoms with Gasteiger partial charge < -0.3 is 10.6 Å². The van der Waals surface area contributed by atoms with Crippen molar-refractivity contribution in [3.63, 3.8) is 0 Å².